The van der Waals surface area contributed by atoms with Crippen molar-refractivity contribution >= 4 is 19.4 Å². The number of aryl methyl sites for hydroxylation is 1. The number of likely N-dealkylation sites (tertiary alicyclic amines) is 1. The summed E-state index contributed by atoms with van der Waals surface area (Å²) in [6.45, 7) is 7.86. The fourth-order valence-corrected chi connectivity index (χ4v) is 13.9. The van der Waals surface area contributed by atoms with Crippen molar-refractivity contribution in [3.8, 4) is 5.75 Å². The van der Waals surface area contributed by atoms with Crippen LogP contribution >= 0.6 is 7.82 Å². The van der Waals surface area contributed by atoms with Gasteiger partial charge in [0.2, 0.25) is 0 Å². The predicted octanol–water partition coefficient (Wildman–Crippen LogP) is 6.67. The van der Waals surface area contributed by atoms with Crippen LogP contribution in [0.15, 0.2) is 72.3 Å². The van der Waals surface area contributed by atoms with E-state index < -0.39 is 61.2 Å². The van der Waals surface area contributed by atoms with Crippen LogP contribution < -0.4 is 9.84 Å². The molecule has 0 bridgehead atoms. The van der Waals surface area contributed by atoms with Crippen molar-refractivity contribution in [2.24, 2.45) is 34.5 Å². The van der Waals surface area contributed by atoms with Crippen LogP contribution in [-0.2, 0) is 41.3 Å². The van der Waals surface area contributed by atoms with E-state index in [1.54, 1.807) is 18.2 Å². The lowest BCUT2D eigenvalue weighted by molar-refractivity contribution is -0.928. The van der Waals surface area contributed by atoms with Gasteiger partial charge in [-0.2, -0.15) is 0 Å². The molecule has 6 N–H and O–H groups in total. The van der Waals surface area contributed by atoms with E-state index in [-0.39, 0.29) is 41.7 Å². The fourth-order valence-electron chi connectivity index (χ4n) is 13.5. The Bertz CT molecular complexity index is 2190. The van der Waals surface area contributed by atoms with Gasteiger partial charge in [-0.05, 0) is 99.1 Å². The molecule has 14 nitrogen and oxygen atoms in total. The molecule has 15 heteroatoms. The molecule has 4 aliphatic carbocycles. The van der Waals surface area contributed by atoms with Crippen LogP contribution in [0.25, 0.3) is 0 Å². The number of phosphoric ester groups is 1. The summed E-state index contributed by atoms with van der Waals surface area (Å²) in [7, 11) is -2.82. The van der Waals surface area contributed by atoms with Crippen LogP contribution in [0.2, 0.25) is 0 Å². The number of unbranched alkanes of at least 4 members (excludes halogenated alkanes) is 4. The maximum Gasteiger partial charge on any atom is 0.524 e. The first kappa shape index (κ1) is 51.3. The van der Waals surface area contributed by atoms with Crippen molar-refractivity contribution in [3.63, 3.8) is 0 Å². The summed E-state index contributed by atoms with van der Waals surface area (Å²) in [6.07, 6.45) is 13.6. The third-order valence-electron chi connectivity index (χ3n) is 17.1. The minimum absolute atomic E-state index is 0.00473. The first-order chi connectivity index (χ1) is 32.5. The van der Waals surface area contributed by atoms with Gasteiger partial charge in [0.1, 0.15) is 18.9 Å². The van der Waals surface area contributed by atoms with E-state index in [1.807, 2.05) is 19.1 Å². The Morgan fingerprint density at radius 2 is 1.75 bits per heavy atom. The minimum atomic E-state index is -4.92. The van der Waals surface area contributed by atoms with Crippen LogP contribution in [0, 0.1) is 34.5 Å². The molecule has 0 radical (unpaired) electrons. The number of Topliss-reactive ketones (excluding diaryl/α,β-unsaturated/α-hetero) is 1. The predicted molar refractivity (Wildman–Crippen MR) is 256 cm³/mol. The summed E-state index contributed by atoms with van der Waals surface area (Å²) in [5.41, 5.74) is 0.895. The molecule has 68 heavy (non-hydrogen) atoms. The molecule has 6 aliphatic rings. The minimum Gasteiger partial charge on any atom is -0.404 e. The highest BCUT2D eigenvalue weighted by atomic mass is 31.2. The average molecular weight is 964 g/mol. The molecule has 2 aromatic rings. The number of ketones is 2. The number of phosphoric acid groups is 1. The number of carbonyl (C=O) groups excluding carboxylic acids is 2. The van der Waals surface area contributed by atoms with Crippen LogP contribution in [-0.4, -0.2) is 118 Å². The number of rotatable bonds is 22. The number of piperidine rings is 1. The fraction of sp³-hybridized carbons (Fsp3) is 0.660. The van der Waals surface area contributed by atoms with Gasteiger partial charge < -0.3 is 43.9 Å². The number of carbonyl (C=O) groups is 2. The first-order valence-corrected chi connectivity index (χ1v) is 26.8. The molecule has 0 spiro atoms. The van der Waals surface area contributed by atoms with Crippen LogP contribution in [0.3, 0.4) is 0 Å². The van der Waals surface area contributed by atoms with E-state index in [1.165, 1.54) is 11.6 Å². The maximum absolute atomic E-state index is 14.1. The summed E-state index contributed by atoms with van der Waals surface area (Å²) in [5, 5.41) is 36.9. The second-order valence-electron chi connectivity index (χ2n) is 21.6. The van der Waals surface area contributed by atoms with Crippen molar-refractivity contribution < 1.29 is 62.5 Å². The number of fused-ring (bicyclic) bond motifs is 7. The second-order valence-corrected chi connectivity index (χ2v) is 22.7. The molecular weight excluding hydrogens is 888 g/mol. The number of benzene rings is 2. The number of quaternary nitrogens is 1. The van der Waals surface area contributed by atoms with Crippen LogP contribution in [0.5, 0.6) is 5.75 Å². The number of ether oxygens (including phenoxy) is 3. The molecule has 10 atom stereocenters. The Balaban J connectivity index is 0.815. The topological polar surface area (TPSA) is 201 Å². The quantitative estimate of drug-likeness (QED) is 0.0317. The van der Waals surface area contributed by atoms with Gasteiger partial charge in [0.25, 0.3) is 0 Å². The smallest absolute Gasteiger partial charge is 0.404 e. The summed E-state index contributed by atoms with van der Waals surface area (Å²) < 4.78 is 37.5. The van der Waals surface area contributed by atoms with Crippen molar-refractivity contribution in [2.45, 2.75) is 134 Å². The highest BCUT2D eigenvalue weighted by molar-refractivity contribution is 7.46. The number of hydrogen-bond donors (Lipinski definition) is 6. The molecule has 2 heterocycles. The Hall–Kier alpha value is -3.11. The number of nitrogens with one attached hydrogen (secondary N) is 1. The molecule has 8 rings (SSSR count). The number of allylic oxidation sites excluding steroid dienone is 4. The van der Waals surface area contributed by atoms with E-state index in [9.17, 15) is 39.3 Å². The van der Waals surface area contributed by atoms with E-state index in [2.05, 4.69) is 49.6 Å². The van der Waals surface area contributed by atoms with E-state index in [0.29, 0.717) is 73.8 Å². The number of nitrogens with zero attached hydrogens (tertiary/aromatic N) is 1. The van der Waals surface area contributed by atoms with Gasteiger partial charge in [0, 0.05) is 67.3 Å². The van der Waals surface area contributed by atoms with Gasteiger partial charge in [0.15, 0.2) is 23.5 Å². The normalized spacial score (nSPS) is 34.7. The van der Waals surface area contributed by atoms with Crippen LogP contribution in [0.1, 0.15) is 114 Å². The number of aliphatic hydroxyl groups excluding tert-OH is 3. The van der Waals surface area contributed by atoms with Gasteiger partial charge in [0.05, 0.1) is 38.4 Å². The number of aliphatic hydroxyl groups is 3. The molecule has 0 amide bonds. The first-order valence-electron chi connectivity index (χ1n) is 25.3. The molecule has 2 unspecified atom stereocenters. The zero-order valence-corrected chi connectivity index (χ0v) is 41.2. The van der Waals surface area contributed by atoms with E-state index >= 15 is 0 Å². The molecule has 4 fully saturated rings. The molecule has 374 valence electrons. The van der Waals surface area contributed by atoms with Crippen molar-refractivity contribution in [3.05, 3.63) is 89.0 Å². The highest BCUT2D eigenvalue weighted by Gasteiger charge is 2.76. The lowest BCUT2D eigenvalue weighted by Crippen LogP contribution is -2.63. The zero-order chi connectivity index (χ0) is 48.3. The third-order valence-corrected chi connectivity index (χ3v) is 17.5. The standard InChI is InChI=1S/C53H75N2O12P/c1-51-23-20-41(57)30-40(51)18-19-42-43-31-48-53(47(60)35-56,52(43,2)32-44(58)49(42)51)66-50(65-48)37-21-25-55(3,26-22-37)34-39-17-16-38(29-46(39)67-68(61,62)63)45(59)33-54-24-10-4-5-11-27-64-28-12-9-15-36-13-7-6-8-14-36/h6-8,13-14,16-18,20,23,29,37,42-45,48-50,54,56,58-59H,4-5,9-12,15,19,21-22,24-28,30-35H2,1-3H3,(H-,61,62,63)/p+1/t37?,42-,43-,44-,45?,48+,49+,50?,51-,52-,53+,55?/m0/s1. The zero-order valence-electron chi connectivity index (χ0n) is 40.3. The molecular formula is C53H76N2O12P+. The lowest BCUT2D eigenvalue weighted by Gasteiger charge is -2.59. The second kappa shape index (κ2) is 21.3. The molecule has 0 aromatic heterocycles. The lowest BCUT2D eigenvalue weighted by atomic mass is 9.47. The summed E-state index contributed by atoms with van der Waals surface area (Å²) in [5.74, 6) is -0.419. The van der Waals surface area contributed by atoms with Crippen LogP contribution in [0.4, 0.5) is 0 Å². The van der Waals surface area contributed by atoms with Crippen molar-refractivity contribution in [1.82, 2.24) is 5.32 Å². The highest BCUT2D eigenvalue weighted by Crippen LogP contribution is 2.69. The summed E-state index contributed by atoms with van der Waals surface area (Å²) >= 11 is 0. The molecule has 2 saturated heterocycles. The molecule has 2 saturated carbocycles. The summed E-state index contributed by atoms with van der Waals surface area (Å²) in [4.78, 5) is 46.2. The van der Waals surface area contributed by atoms with Gasteiger partial charge in [-0.1, -0.05) is 80.8 Å². The van der Waals surface area contributed by atoms with Gasteiger partial charge in [-0.15, -0.1) is 0 Å². The van der Waals surface area contributed by atoms with Gasteiger partial charge in [-0.25, -0.2) is 4.57 Å². The monoisotopic (exact) mass is 964 g/mol. The Morgan fingerprint density at radius 3 is 2.49 bits per heavy atom. The average Bonchev–Trinajstić information content (AvgIpc) is 3.81. The SMILES string of the molecule is C[C@]12C=CC(=O)CC1=CC[C@@H]1[C@@H]2[C@@H](O)C[C@@]2(C)[C@H]1C[C@H]1OC(C3CC[N+](C)(Cc4ccc(C(O)CNCCCCCCOCCCCc5ccccc5)cc4OP(=O)(O)O)CC3)O[C@]12C(=O)CO. The van der Waals surface area contributed by atoms with Gasteiger partial charge >= 0.3 is 7.82 Å². The largest absolute Gasteiger partial charge is 0.524 e. The third kappa shape index (κ3) is 10.7. The molecule has 2 aromatic carbocycles. The van der Waals surface area contributed by atoms with Crippen molar-refractivity contribution in [1.29, 1.82) is 0 Å². The van der Waals surface area contributed by atoms with Crippen molar-refractivity contribution in [2.75, 3.05) is 53.0 Å². The van der Waals surface area contributed by atoms with E-state index in [4.69, 9.17) is 18.7 Å². The Kier molecular flexibility index (Phi) is 16.1. The Morgan fingerprint density at radius 1 is 1.01 bits per heavy atom. The summed E-state index contributed by atoms with van der Waals surface area (Å²) in [6, 6.07) is 15.6. The molecule has 2 aliphatic heterocycles. The van der Waals surface area contributed by atoms with E-state index in [0.717, 1.165) is 70.3 Å². The Labute approximate surface area is 402 Å². The maximum atomic E-state index is 14.1. The number of hydrogen-bond acceptors (Lipinski definition) is 11. The van der Waals surface area contributed by atoms with Gasteiger partial charge in [-0.3, -0.25) is 19.4 Å².